The van der Waals surface area contributed by atoms with E-state index in [1.807, 2.05) is 25.1 Å². The number of rotatable bonds is 6. The van der Waals surface area contributed by atoms with Gasteiger partial charge in [-0.3, -0.25) is 4.79 Å². The van der Waals surface area contributed by atoms with Gasteiger partial charge in [-0.25, -0.2) is 0 Å². The van der Waals surface area contributed by atoms with Gasteiger partial charge >= 0.3 is 0 Å². The monoisotopic (exact) mass is 396 g/mol. The Labute approximate surface area is 169 Å². The predicted molar refractivity (Wildman–Crippen MR) is 112 cm³/mol. The Bertz CT molecular complexity index is 940. The molecule has 0 spiro atoms. The fourth-order valence-electron chi connectivity index (χ4n) is 3.35. The molecule has 0 saturated heterocycles. The second-order valence-electron chi connectivity index (χ2n) is 6.83. The van der Waals surface area contributed by atoms with Crippen LogP contribution in [0.2, 0.25) is 0 Å². The average molecular weight is 397 g/mol. The highest BCUT2D eigenvalue weighted by atomic mass is 32.1. The van der Waals surface area contributed by atoms with Gasteiger partial charge in [0.05, 0.1) is 19.3 Å². The summed E-state index contributed by atoms with van der Waals surface area (Å²) in [6.45, 7) is 4.69. The Morgan fingerprint density at radius 3 is 2.96 bits per heavy atom. The van der Waals surface area contributed by atoms with Gasteiger partial charge in [-0.15, -0.1) is 11.3 Å². The average Bonchev–Trinajstić information content (AvgIpc) is 3.03. The van der Waals surface area contributed by atoms with E-state index in [1.165, 1.54) is 22.3 Å². The lowest BCUT2D eigenvalue weighted by Gasteiger charge is -2.17. The predicted octanol–water partition coefficient (Wildman–Crippen LogP) is 4.80. The number of benzene rings is 1. The summed E-state index contributed by atoms with van der Waals surface area (Å²) in [5.41, 5.74) is 2.56. The van der Waals surface area contributed by atoms with Crippen LogP contribution in [0.25, 0.3) is 6.08 Å². The molecular formula is C22H24N2O3S. The first-order chi connectivity index (χ1) is 13.5. The summed E-state index contributed by atoms with van der Waals surface area (Å²) in [6.07, 6.45) is 6.16. The fourth-order valence-corrected chi connectivity index (χ4v) is 4.71. The first-order valence-corrected chi connectivity index (χ1v) is 10.2. The molecule has 1 aliphatic rings. The van der Waals surface area contributed by atoms with E-state index in [9.17, 15) is 10.1 Å². The molecule has 2 aromatic rings. The Morgan fingerprint density at radius 1 is 1.43 bits per heavy atom. The minimum atomic E-state index is -0.254. The first kappa shape index (κ1) is 20.0. The molecule has 0 fully saturated rings. The van der Waals surface area contributed by atoms with Crippen LogP contribution in [0.15, 0.2) is 24.3 Å². The largest absolute Gasteiger partial charge is 0.493 e. The summed E-state index contributed by atoms with van der Waals surface area (Å²) in [4.78, 5) is 13.6. The summed E-state index contributed by atoms with van der Waals surface area (Å²) >= 11 is 1.53. The van der Waals surface area contributed by atoms with E-state index >= 15 is 0 Å². The zero-order valence-corrected chi connectivity index (χ0v) is 17.2. The number of ether oxygens (including phenoxy) is 2. The molecule has 0 radical (unpaired) electrons. The van der Waals surface area contributed by atoms with E-state index in [4.69, 9.17) is 9.47 Å². The molecule has 1 amide bonds. The third kappa shape index (κ3) is 4.37. The zero-order chi connectivity index (χ0) is 20.1. The van der Waals surface area contributed by atoms with Crippen molar-refractivity contribution in [3.05, 3.63) is 45.8 Å². The number of anilines is 1. The maximum Gasteiger partial charge on any atom is 0.249 e. The van der Waals surface area contributed by atoms with Crippen molar-refractivity contribution in [2.75, 3.05) is 19.0 Å². The van der Waals surface area contributed by atoms with Gasteiger partial charge in [0.1, 0.15) is 11.1 Å². The van der Waals surface area contributed by atoms with Gasteiger partial charge in [-0.2, -0.15) is 5.26 Å². The maximum atomic E-state index is 12.4. The molecule has 1 N–H and O–H groups in total. The fraction of sp³-hybridized carbons (Fsp3) is 0.364. The van der Waals surface area contributed by atoms with Gasteiger partial charge in [0.2, 0.25) is 5.91 Å². The molecular weight excluding hydrogens is 372 g/mol. The highest BCUT2D eigenvalue weighted by Crippen LogP contribution is 2.39. The number of fused-ring (bicyclic) bond motifs is 1. The third-order valence-electron chi connectivity index (χ3n) is 4.77. The topological polar surface area (TPSA) is 71.3 Å². The van der Waals surface area contributed by atoms with Crippen LogP contribution in [0.1, 0.15) is 41.8 Å². The SMILES string of the molecule is CCOc1ccc(/C=C/C(=O)Nc2sc3c(c2C#N)CCC(C)C3)cc1OC. The number of hydrogen-bond donors (Lipinski definition) is 1. The van der Waals surface area contributed by atoms with Crippen molar-refractivity contribution >= 4 is 28.3 Å². The molecule has 5 nitrogen and oxygen atoms in total. The number of amides is 1. The molecule has 0 bridgehead atoms. The Balaban J connectivity index is 1.73. The normalized spacial score (nSPS) is 15.7. The highest BCUT2D eigenvalue weighted by molar-refractivity contribution is 7.16. The van der Waals surface area contributed by atoms with Crippen LogP contribution >= 0.6 is 11.3 Å². The van der Waals surface area contributed by atoms with Crippen LogP contribution < -0.4 is 14.8 Å². The zero-order valence-electron chi connectivity index (χ0n) is 16.4. The second-order valence-corrected chi connectivity index (χ2v) is 7.94. The summed E-state index contributed by atoms with van der Waals surface area (Å²) in [6, 6.07) is 7.78. The molecule has 0 saturated carbocycles. The molecule has 146 valence electrons. The van der Waals surface area contributed by atoms with Crippen molar-refractivity contribution in [2.45, 2.75) is 33.1 Å². The van der Waals surface area contributed by atoms with Crippen molar-refractivity contribution in [3.8, 4) is 17.6 Å². The van der Waals surface area contributed by atoms with Crippen molar-refractivity contribution in [1.29, 1.82) is 5.26 Å². The number of carbonyl (C=O) groups is 1. The molecule has 1 aromatic carbocycles. The molecule has 1 aromatic heterocycles. The number of carbonyl (C=O) groups excluding carboxylic acids is 1. The lowest BCUT2D eigenvalue weighted by Crippen LogP contribution is -2.10. The van der Waals surface area contributed by atoms with Gasteiger partial charge in [0, 0.05) is 11.0 Å². The molecule has 1 aliphatic carbocycles. The second kappa shape index (κ2) is 8.94. The third-order valence-corrected chi connectivity index (χ3v) is 5.94. The number of thiophene rings is 1. The Hall–Kier alpha value is -2.78. The van der Waals surface area contributed by atoms with Crippen molar-refractivity contribution < 1.29 is 14.3 Å². The summed E-state index contributed by atoms with van der Waals surface area (Å²) in [5, 5.41) is 13.1. The summed E-state index contributed by atoms with van der Waals surface area (Å²) in [5.74, 6) is 1.66. The molecule has 1 unspecified atom stereocenters. The van der Waals surface area contributed by atoms with E-state index < -0.39 is 0 Å². The molecule has 6 heteroatoms. The standard InChI is InChI=1S/C22H24N2O3S/c1-4-27-18-9-6-15(12-19(18)26-3)7-10-21(25)24-22-17(13-23)16-8-5-14(2)11-20(16)28-22/h6-7,9-10,12,14H,4-5,8,11H2,1-3H3,(H,24,25)/b10-7+. The van der Waals surface area contributed by atoms with E-state index in [1.54, 1.807) is 13.2 Å². The van der Waals surface area contributed by atoms with Crippen LogP contribution in [0.4, 0.5) is 5.00 Å². The summed E-state index contributed by atoms with van der Waals surface area (Å²) < 4.78 is 10.8. The number of hydrogen-bond acceptors (Lipinski definition) is 5. The van der Waals surface area contributed by atoms with E-state index in [2.05, 4.69) is 18.3 Å². The Morgan fingerprint density at radius 2 is 2.25 bits per heavy atom. The van der Waals surface area contributed by atoms with Crippen LogP contribution in [0.5, 0.6) is 11.5 Å². The van der Waals surface area contributed by atoms with Gasteiger partial charge in [0.15, 0.2) is 11.5 Å². The minimum Gasteiger partial charge on any atom is -0.493 e. The molecule has 28 heavy (non-hydrogen) atoms. The van der Waals surface area contributed by atoms with Gasteiger partial charge in [-0.05, 0) is 61.4 Å². The van der Waals surface area contributed by atoms with Crippen LogP contribution in [-0.4, -0.2) is 19.6 Å². The first-order valence-electron chi connectivity index (χ1n) is 9.40. The smallest absolute Gasteiger partial charge is 0.249 e. The van der Waals surface area contributed by atoms with E-state index in [0.717, 1.165) is 30.4 Å². The number of nitriles is 1. The van der Waals surface area contributed by atoms with Crippen molar-refractivity contribution in [3.63, 3.8) is 0 Å². The van der Waals surface area contributed by atoms with Gasteiger partial charge in [0.25, 0.3) is 0 Å². The summed E-state index contributed by atoms with van der Waals surface area (Å²) in [7, 11) is 1.58. The number of nitrogens with one attached hydrogen (secondary N) is 1. The van der Waals surface area contributed by atoms with E-state index in [-0.39, 0.29) is 5.91 Å². The van der Waals surface area contributed by atoms with Crippen LogP contribution in [0, 0.1) is 17.2 Å². The van der Waals surface area contributed by atoms with Gasteiger partial charge < -0.3 is 14.8 Å². The van der Waals surface area contributed by atoms with Crippen LogP contribution in [0.3, 0.4) is 0 Å². The number of nitrogens with zero attached hydrogens (tertiary/aromatic N) is 1. The lowest BCUT2D eigenvalue weighted by atomic mass is 9.89. The van der Waals surface area contributed by atoms with Crippen molar-refractivity contribution in [1.82, 2.24) is 0 Å². The van der Waals surface area contributed by atoms with E-state index in [0.29, 0.717) is 34.6 Å². The lowest BCUT2D eigenvalue weighted by molar-refractivity contribution is -0.111. The molecule has 1 heterocycles. The molecule has 0 aliphatic heterocycles. The minimum absolute atomic E-state index is 0.254. The molecule has 1 atom stereocenters. The molecule has 3 rings (SSSR count). The highest BCUT2D eigenvalue weighted by Gasteiger charge is 2.24. The van der Waals surface area contributed by atoms with Crippen molar-refractivity contribution in [2.24, 2.45) is 5.92 Å². The van der Waals surface area contributed by atoms with Gasteiger partial charge in [-0.1, -0.05) is 13.0 Å². The quantitative estimate of drug-likeness (QED) is 0.712. The Kier molecular flexibility index (Phi) is 6.37. The number of methoxy groups -OCH3 is 1. The maximum absolute atomic E-state index is 12.4. The van der Waals surface area contributed by atoms with Crippen LogP contribution in [-0.2, 0) is 17.6 Å².